The summed E-state index contributed by atoms with van der Waals surface area (Å²) in [6.07, 6.45) is 0. The number of rotatable bonds is 5. The van der Waals surface area contributed by atoms with Gasteiger partial charge in [-0.2, -0.15) is 0 Å². The predicted molar refractivity (Wildman–Crippen MR) is 103 cm³/mol. The number of aromatic nitrogens is 4. The molecule has 0 aliphatic rings. The zero-order valence-corrected chi connectivity index (χ0v) is 16.1. The predicted octanol–water partition coefficient (Wildman–Crippen LogP) is 4.04. The van der Waals surface area contributed by atoms with E-state index in [4.69, 9.17) is 0 Å². The Labute approximate surface area is 161 Å². The number of amides is 1. The number of nitrogens with one attached hydrogen (secondary N) is 1. The minimum atomic E-state index is -0.566. The zero-order valence-electron chi connectivity index (χ0n) is 15.3. The van der Waals surface area contributed by atoms with E-state index in [0.29, 0.717) is 10.8 Å². The third-order valence-corrected chi connectivity index (χ3v) is 4.94. The maximum atomic E-state index is 13.1. The van der Waals surface area contributed by atoms with E-state index in [9.17, 15) is 9.18 Å². The molecule has 3 rings (SSSR count). The van der Waals surface area contributed by atoms with Crippen molar-refractivity contribution < 1.29 is 9.18 Å². The van der Waals surface area contributed by atoms with Crippen LogP contribution in [0.2, 0.25) is 0 Å². The smallest absolute Gasteiger partial charge is 0.242 e. The molecule has 8 heteroatoms. The molecule has 0 spiro atoms. The number of hydrogen-bond acceptors (Lipinski definition) is 5. The van der Waals surface area contributed by atoms with Crippen molar-refractivity contribution in [3.63, 3.8) is 0 Å². The first kappa shape index (κ1) is 19.0. The molecule has 6 nitrogen and oxygen atoms in total. The molecule has 140 valence electrons. The van der Waals surface area contributed by atoms with Crippen LogP contribution in [0, 0.1) is 5.82 Å². The summed E-state index contributed by atoms with van der Waals surface area (Å²) in [7, 11) is 0. The molecule has 0 radical (unpaired) electrons. The van der Waals surface area contributed by atoms with Gasteiger partial charge in [-0.15, -0.1) is 5.10 Å². The number of anilines is 1. The average Bonchev–Trinajstić information content (AvgIpc) is 3.11. The SMILES string of the molecule is CC(C)(C)n1nnnc1SC(C(=O)Nc1ccc(F)cc1)c1ccccc1. The number of thioether (sulfide) groups is 1. The van der Waals surface area contributed by atoms with Gasteiger partial charge in [0.25, 0.3) is 0 Å². The number of benzene rings is 2. The zero-order chi connectivity index (χ0) is 19.4. The highest BCUT2D eigenvalue weighted by Gasteiger charge is 2.28. The number of carbonyl (C=O) groups is 1. The van der Waals surface area contributed by atoms with Crippen LogP contribution in [0.1, 0.15) is 31.6 Å². The molecule has 0 bridgehead atoms. The Hall–Kier alpha value is -2.74. The van der Waals surface area contributed by atoms with E-state index in [2.05, 4.69) is 20.8 Å². The fraction of sp³-hybridized carbons (Fsp3) is 0.263. The first-order chi connectivity index (χ1) is 12.8. The molecule has 1 unspecified atom stereocenters. The minimum absolute atomic E-state index is 0.235. The highest BCUT2D eigenvalue weighted by Crippen LogP contribution is 2.36. The summed E-state index contributed by atoms with van der Waals surface area (Å²) < 4.78 is 14.8. The van der Waals surface area contributed by atoms with Crippen LogP contribution in [0.5, 0.6) is 0 Å². The van der Waals surface area contributed by atoms with Crippen LogP contribution >= 0.6 is 11.8 Å². The average molecular weight is 385 g/mol. The Morgan fingerprint density at radius 1 is 1.11 bits per heavy atom. The molecule has 1 amide bonds. The highest BCUT2D eigenvalue weighted by atomic mass is 32.2. The summed E-state index contributed by atoms with van der Waals surface area (Å²) in [6, 6.07) is 15.1. The van der Waals surface area contributed by atoms with Gasteiger partial charge in [0, 0.05) is 5.69 Å². The Balaban J connectivity index is 1.89. The van der Waals surface area contributed by atoms with Crippen LogP contribution < -0.4 is 5.32 Å². The molecular formula is C19H20FN5OS. The van der Waals surface area contributed by atoms with Gasteiger partial charge in [-0.05, 0) is 61.0 Å². The lowest BCUT2D eigenvalue weighted by molar-refractivity contribution is -0.115. The summed E-state index contributed by atoms with van der Waals surface area (Å²) in [6.45, 7) is 5.97. The molecule has 27 heavy (non-hydrogen) atoms. The van der Waals surface area contributed by atoms with Crippen LogP contribution in [-0.4, -0.2) is 26.1 Å². The van der Waals surface area contributed by atoms with Crippen molar-refractivity contribution in [1.82, 2.24) is 20.2 Å². The molecule has 0 aliphatic heterocycles. The summed E-state index contributed by atoms with van der Waals surface area (Å²) in [5, 5.41) is 14.7. The van der Waals surface area contributed by atoms with Gasteiger partial charge < -0.3 is 5.32 Å². The van der Waals surface area contributed by atoms with Gasteiger partial charge in [0.15, 0.2) is 0 Å². The molecular weight excluding hydrogens is 365 g/mol. The second-order valence-corrected chi connectivity index (χ2v) is 8.02. The summed E-state index contributed by atoms with van der Waals surface area (Å²) >= 11 is 1.27. The van der Waals surface area contributed by atoms with E-state index in [1.165, 1.54) is 36.0 Å². The molecule has 0 saturated heterocycles. The summed E-state index contributed by atoms with van der Waals surface area (Å²) in [5.74, 6) is -0.590. The highest BCUT2D eigenvalue weighted by molar-refractivity contribution is 8.00. The molecule has 1 heterocycles. The lowest BCUT2D eigenvalue weighted by Gasteiger charge is -2.22. The lowest BCUT2D eigenvalue weighted by Crippen LogP contribution is -2.25. The Morgan fingerprint density at radius 3 is 2.41 bits per heavy atom. The van der Waals surface area contributed by atoms with Crippen LogP contribution in [0.4, 0.5) is 10.1 Å². The maximum absolute atomic E-state index is 13.1. The molecule has 1 N–H and O–H groups in total. The fourth-order valence-corrected chi connectivity index (χ4v) is 3.58. The third kappa shape index (κ3) is 4.71. The van der Waals surface area contributed by atoms with Gasteiger partial charge in [-0.3, -0.25) is 4.79 Å². The quantitative estimate of drug-likeness (QED) is 0.671. The standard InChI is InChI=1S/C19H20FN5OS/c1-19(2,3)25-18(22-23-24-25)27-16(13-7-5-4-6-8-13)17(26)21-15-11-9-14(20)10-12-15/h4-12,16H,1-3H3,(H,21,26). The van der Waals surface area contributed by atoms with E-state index >= 15 is 0 Å². The largest absolute Gasteiger partial charge is 0.325 e. The van der Waals surface area contributed by atoms with Crippen molar-refractivity contribution in [2.24, 2.45) is 0 Å². The van der Waals surface area contributed by atoms with E-state index < -0.39 is 5.25 Å². The van der Waals surface area contributed by atoms with Gasteiger partial charge in [-0.25, -0.2) is 9.07 Å². The topological polar surface area (TPSA) is 72.7 Å². The van der Waals surface area contributed by atoms with Gasteiger partial charge in [0.05, 0.1) is 5.54 Å². The number of tetrazole rings is 1. The second-order valence-electron chi connectivity index (χ2n) is 6.95. The number of carbonyl (C=O) groups excluding carboxylic acids is 1. The van der Waals surface area contributed by atoms with Crippen molar-refractivity contribution in [2.75, 3.05) is 5.32 Å². The Kier molecular flexibility index (Phi) is 5.55. The molecule has 0 fully saturated rings. The normalized spacial score (nSPS) is 12.6. The van der Waals surface area contributed by atoms with Gasteiger partial charge in [0.1, 0.15) is 11.1 Å². The summed E-state index contributed by atoms with van der Waals surface area (Å²) in [5.41, 5.74) is 1.03. The molecule has 2 aromatic carbocycles. The minimum Gasteiger partial charge on any atom is -0.325 e. The first-order valence-electron chi connectivity index (χ1n) is 8.41. The van der Waals surface area contributed by atoms with Crippen LogP contribution in [-0.2, 0) is 10.3 Å². The van der Waals surface area contributed by atoms with Crippen LogP contribution in [0.15, 0.2) is 59.8 Å². The Morgan fingerprint density at radius 2 is 1.78 bits per heavy atom. The summed E-state index contributed by atoms with van der Waals surface area (Å²) in [4.78, 5) is 13.0. The fourth-order valence-electron chi connectivity index (χ4n) is 2.42. The van der Waals surface area contributed by atoms with E-state index in [-0.39, 0.29) is 17.3 Å². The molecule has 1 aromatic heterocycles. The molecule has 3 aromatic rings. The van der Waals surface area contributed by atoms with E-state index in [1.807, 2.05) is 51.1 Å². The number of nitrogens with zero attached hydrogens (tertiary/aromatic N) is 4. The van der Waals surface area contributed by atoms with Gasteiger partial charge in [0.2, 0.25) is 11.1 Å². The van der Waals surface area contributed by atoms with Crippen LogP contribution in [0.25, 0.3) is 0 Å². The van der Waals surface area contributed by atoms with Crippen molar-refractivity contribution in [1.29, 1.82) is 0 Å². The van der Waals surface area contributed by atoms with Crippen molar-refractivity contribution >= 4 is 23.4 Å². The molecule has 0 aliphatic carbocycles. The second kappa shape index (κ2) is 7.87. The van der Waals surface area contributed by atoms with Crippen molar-refractivity contribution in [2.45, 2.75) is 36.7 Å². The maximum Gasteiger partial charge on any atom is 0.242 e. The van der Waals surface area contributed by atoms with Gasteiger partial charge in [-0.1, -0.05) is 42.1 Å². The first-order valence-corrected chi connectivity index (χ1v) is 9.29. The third-order valence-electron chi connectivity index (χ3n) is 3.75. The van der Waals surface area contributed by atoms with E-state index in [1.54, 1.807) is 4.68 Å². The van der Waals surface area contributed by atoms with Gasteiger partial charge >= 0.3 is 0 Å². The molecule has 1 atom stereocenters. The van der Waals surface area contributed by atoms with Crippen LogP contribution in [0.3, 0.4) is 0 Å². The number of hydrogen-bond donors (Lipinski definition) is 1. The van der Waals surface area contributed by atoms with Crippen molar-refractivity contribution in [3.05, 3.63) is 66.0 Å². The Bertz CT molecular complexity index is 906. The monoisotopic (exact) mass is 385 g/mol. The molecule has 0 saturated carbocycles. The van der Waals surface area contributed by atoms with Crippen molar-refractivity contribution in [3.8, 4) is 0 Å². The number of halogens is 1. The lowest BCUT2D eigenvalue weighted by atomic mass is 10.1. The van der Waals surface area contributed by atoms with E-state index in [0.717, 1.165) is 5.56 Å².